The minimum absolute atomic E-state index is 0.0429. The maximum absolute atomic E-state index is 13.0. The topological polar surface area (TPSA) is 96.0 Å². The van der Waals surface area contributed by atoms with Crippen LogP contribution < -0.4 is 5.32 Å². The molecule has 39 heavy (non-hydrogen) atoms. The van der Waals surface area contributed by atoms with Crippen LogP contribution in [-0.2, 0) is 19.1 Å². The van der Waals surface area contributed by atoms with Gasteiger partial charge in [0.05, 0.1) is 23.7 Å². The van der Waals surface area contributed by atoms with Crippen molar-refractivity contribution < 1.29 is 23.9 Å². The number of rotatable bonds is 9. The highest BCUT2D eigenvalue weighted by Gasteiger charge is 2.31. The molecule has 0 aliphatic carbocycles. The van der Waals surface area contributed by atoms with Gasteiger partial charge in [0.15, 0.2) is 0 Å². The minimum atomic E-state index is -1.02. The second-order valence-corrected chi connectivity index (χ2v) is 10.7. The highest BCUT2D eigenvalue weighted by Crippen LogP contribution is 2.35. The van der Waals surface area contributed by atoms with Crippen molar-refractivity contribution in [2.45, 2.75) is 23.8 Å². The number of thioether (sulfide) groups is 1. The van der Waals surface area contributed by atoms with Crippen molar-refractivity contribution in [2.24, 2.45) is 5.92 Å². The molecule has 3 amide bonds. The van der Waals surface area contributed by atoms with Crippen LogP contribution in [0.1, 0.15) is 28.8 Å². The Balaban J connectivity index is 1.55. The summed E-state index contributed by atoms with van der Waals surface area (Å²) in [6.45, 7) is 0.728. The summed E-state index contributed by atoms with van der Waals surface area (Å²) in [4.78, 5) is 54.7. The number of carbonyl (C=O) groups excluding carboxylic acids is 4. The zero-order valence-electron chi connectivity index (χ0n) is 22.0. The third kappa shape index (κ3) is 8.00. The van der Waals surface area contributed by atoms with E-state index in [1.54, 1.807) is 48.4 Å². The summed E-state index contributed by atoms with van der Waals surface area (Å²) >= 11 is 14.1. The molecule has 0 spiro atoms. The molecule has 0 radical (unpaired) electrons. The third-order valence-corrected chi connectivity index (χ3v) is 8.29. The fourth-order valence-corrected chi connectivity index (χ4v) is 5.40. The number of piperidine rings is 1. The Morgan fingerprint density at radius 1 is 1.10 bits per heavy atom. The maximum atomic E-state index is 13.0. The molecule has 1 aliphatic rings. The number of likely N-dealkylation sites (N-methyl/N-ethyl adjacent to an activating group) is 1. The van der Waals surface area contributed by atoms with E-state index in [0.717, 1.165) is 4.90 Å². The van der Waals surface area contributed by atoms with Crippen LogP contribution in [-0.4, -0.2) is 79.6 Å². The van der Waals surface area contributed by atoms with Crippen molar-refractivity contribution in [1.82, 2.24) is 15.1 Å². The largest absolute Gasteiger partial charge is 0.467 e. The number of benzene rings is 2. The van der Waals surface area contributed by atoms with Crippen LogP contribution in [0.5, 0.6) is 0 Å². The van der Waals surface area contributed by atoms with Gasteiger partial charge in [0.25, 0.3) is 5.91 Å². The predicted octanol–water partition coefficient (Wildman–Crippen LogP) is 4.40. The van der Waals surface area contributed by atoms with E-state index in [1.807, 2.05) is 18.4 Å². The van der Waals surface area contributed by atoms with Gasteiger partial charge in [-0.25, -0.2) is 4.79 Å². The summed E-state index contributed by atoms with van der Waals surface area (Å²) in [5.74, 6) is -1.81. The lowest BCUT2D eigenvalue weighted by molar-refractivity contribution is -0.146. The highest BCUT2D eigenvalue weighted by atomic mass is 35.5. The minimum Gasteiger partial charge on any atom is -0.467 e. The average Bonchev–Trinajstić information content (AvgIpc) is 2.96. The molecule has 0 saturated carbocycles. The number of nitrogens with one attached hydrogen (secondary N) is 1. The number of halogens is 2. The Bertz CT molecular complexity index is 1230. The van der Waals surface area contributed by atoms with Crippen LogP contribution in [0, 0.1) is 5.92 Å². The molecule has 1 atom stereocenters. The number of esters is 1. The molecule has 1 N–H and O–H groups in total. The molecule has 11 heteroatoms. The standard InChI is InChI=1S/C28H31Cl2N3O5S/c1-32(27(36)20-7-5-4-6-8-20)17-21(28(37)38-2)31-26(35)19-13-15-33(16-14-19)23(34)12-10-18-9-11-22(39-3)25(30)24(18)29/h4-12,19,21H,13-17H2,1-3H3,(H,31,35)/b12-10+/t21-/m0/s1. The average molecular weight is 593 g/mol. The molecule has 208 valence electrons. The summed E-state index contributed by atoms with van der Waals surface area (Å²) in [6.07, 6.45) is 5.86. The van der Waals surface area contributed by atoms with Crippen molar-refractivity contribution in [3.63, 3.8) is 0 Å². The molecule has 8 nitrogen and oxygen atoms in total. The first kappa shape index (κ1) is 30.5. The quantitative estimate of drug-likeness (QED) is 0.264. The number of likely N-dealkylation sites (tertiary alicyclic amines) is 1. The van der Waals surface area contributed by atoms with E-state index in [4.69, 9.17) is 27.9 Å². The number of amides is 3. The maximum Gasteiger partial charge on any atom is 0.330 e. The van der Waals surface area contributed by atoms with Crippen molar-refractivity contribution >= 4 is 64.7 Å². The molecule has 3 rings (SSSR count). The van der Waals surface area contributed by atoms with Crippen LogP contribution in [0.25, 0.3) is 6.08 Å². The smallest absolute Gasteiger partial charge is 0.330 e. The van der Waals surface area contributed by atoms with E-state index in [0.29, 0.717) is 47.1 Å². The number of carbonyl (C=O) groups is 4. The van der Waals surface area contributed by atoms with Gasteiger partial charge >= 0.3 is 5.97 Å². The van der Waals surface area contributed by atoms with Gasteiger partial charge < -0.3 is 19.9 Å². The fraction of sp³-hybridized carbons (Fsp3) is 0.357. The van der Waals surface area contributed by atoms with Gasteiger partial charge in [0.1, 0.15) is 6.04 Å². The molecular formula is C28H31Cl2N3O5S. The Hall–Kier alpha value is -3.01. The molecular weight excluding hydrogens is 561 g/mol. The summed E-state index contributed by atoms with van der Waals surface area (Å²) < 4.78 is 4.86. The third-order valence-electron chi connectivity index (χ3n) is 6.51. The first-order valence-corrected chi connectivity index (χ1v) is 14.3. The number of nitrogens with zero attached hydrogens (tertiary/aromatic N) is 2. The van der Waals surface area contributed by atoms with Crippen molar-refractivity contribution in [1.29, 1.82) is 0 Å². The molecule has 1 heterocycles. The second kappa shape index (κ2) is 14.4. The first-order valence-electron chi connectivity index (χ1n) is 12.3. The summed E-state index contributed by atoms with van der Waals surface area (Å²) in [6, 6.07) is 11.3. The van der Waals surface area contributed by atoms with Gasteiger partial charge in [-0.15, -0.1) is 11.8 Å². The lowest BCUT2D eigenvalue weighted by Crippen LogP contribution is -2.52. The lowest BCUT2D eigenvalue weighted by Gasteiger charge is -2.32. The van der Waals surface area contributed by atoms with Gasteiger partial charge in [-0.2, -0.15) is 0 Å². The Morgan fingerprint density at radius 2 is 1.77 bits per heavy atom. The summed E-state index contributed by atoms with van der Waals surface area (Å²) in [5.41, 5.74) is 1.12. The molecule has 1 saturated heterocycles. The predicted molar refractivity (Wildman–Crippen MR) is 154 cm³/mol. The van der Waals surface area contributed by atoms with Gasteiger partial charge in [-0.3, -0.25) is 14.4 Å². The SMILES string of the molecule is COC(=O)[C@H](CN(C)C(=O)c1ccccc1)NC(=O)C1CCN(C(=O)/C=C/c2ccc(SC)c(Cl)c2Cl)CC1. The molecule has 2 aromatic carbocycles. The van der Waals surface area contributed by atoms with E-state index < -0.39 is 12.0 Å². The van der Waals surface area contributed by atoms with E-state index in [2.05, 4.69) is 5.32 Å². The lowest BCUT2D eigenvalue weighted by atomic mass is 9.95. The summed E-state index contributed by atoms with van der Waals surface area (Å²) in [7, 11) is 2.80. The molecule has 1 aliphatic heterocycles. The molecule has 0 unspecified atom stereocenters. The van der Waals surface area contributed by atoms with Gasteiger partial charge in [0.2, 0.25) is 11.8 Å². The van der Waals surface area contributed by atoms with Crippen molar-refractivity contribution in [3.8, 4) is 0 Å². The van der Waals surface area contributed by atoms with Gasteiger partial charge in [0, 0.05) is 42.6 Å². The van der Waals surface area contributed by atoms with Crippen LogP contribution >= 0.6 is 35.0 Å². The Morgan fingerprint density at radius 3 is 2.38 bits per heavy atom. The first-order chi connectivity index (χ1) is 18.7. The fourth-order valence-electron chi connectivity index (χ4n) is 4.23. The van der Waals surface area contributed by atoms with Crippen molar-refractivity contribution in [3.05, 3.63) is 69.7 Å². The normalized spacial score (nSPS) is 14.6. The zero-order valence-corrected chi connectivity index (χ0v) is 24.3. The van der Waals surface area contributed by atoms with E-state index >= 15 is 0 Å². The van der Waals surface area contributed by atoms with E-state index in [-0.39, 0.29) is 30.2 Å². The number of hydrogen-bond acceptors (Lipinski definition) is 6. The van der Waals surface area contributed by atoms with Crippen LogP contribution in [0.15, 0.2) is 53.4 Å². The van der Waals surface area contributed by atoms with Crippen LogP contribution in [0.4, 0.5) is 0 Å². The number of hydrogen-bond donors (Lipinski definition) is 1. The molecule has 2 aromatic rings. The Kier molecular flexibility index (Phi) is 11.3. The Labute approximate surface area is 242 Å². The molecule has 0 bridgehead atoms. The monoisotopic (exact) mass is 591 g/mol. The van der Waals surface area contributed by atoms with E-state index in [1.165, 1.54) is 29.8 Å². The van der Waals surface area contributed by atoms with E-state index in [9.17, 15) is 19.2 Å². The van der Waals surface area contributed by atoms with Gasteiger partial charge in [-0.05, 0) is 48.9 Å². The van der Waals surface area contributed by atoms with Crippen LogP contribution in [0.2, 0.25) is 10.0 Å². The summed E-state index contributed by atoms with van der Waals surface area (Å²) in [5, 5.41) is 3.57. The zero-order chi connectivity index (χ0) is 28.5. The second-order valence-electron chi connectivity index (χ2n) is 9.05. The van der Waals surface area contributed by atoms with Crippen LogP contribution in [0.3, 0.4) is 0 Å². The van der Waals surface area contributed by atoms with Crippen molar-refractivity contribution in [2.75, 3.05) is 40.0 Å². The number of methoxy groups -OCH3 is 1. The molecule has 0 aromatic heterocycles. The van der Waals surface area contributed by atoms with Gasteiger partial charge in [-0.1, -0.05) is 47.5 Å². The molecule has 1 fully saturated rings. The highest BCUT2D eigenvalue weighted by molar-refractivity contribution is 7.98. The number of ether oxygens (including phenoxy) is 1.